The summed E-state index contributed by atoms with van der Waals surface area (Å²) in [6.45, 7) is 1.98. The minimum atomic E-state index is -3.39. The van der Waals surface area contributed by atoms with Gasteiger partial charge in [-0.2, -0.15) is 4.31 Å². The van der Waals surface area contributed by atoms with Crippen LogP contribution in [0.4, 0.5) is 5.95 Å². The van der Waals surface area contributed by atoms with Crippen molar-refractivity contribution in [2.45, 2.75) is 19.3 Å². The number of anilines is 1. The van der Waals surface area contributed by atoms with Gasteiger partial charge >= 0.3 is 0 Å². The first-order valence-corrected chi connectivity index (χ1v) is 11.0. The second-order valence-corrected chi connectivity index (χ2v) is 8.80. The van der Waals surface area contributed by atoms with Crippen LogP contribution in [0.1, 0.15) is 18.7 Å². The van der Waals surface area contributed by atoms with Crippen molar-refractivity contribution in [3.05, 3.63) is 52.6 Å². The molecule has 1 fully saturated rings. The van der Waals surface area contributed by atoms with Crippen LogP contribution < -0.4 is 4.90 Å². The number of allylic oxidation sites excluding steroid dienone is 1. The predicted octanol–water partition coefficient (Wildman–Crippen LogP) is 2.02. The number of sulfonamides is 1. The van der Waals surface area contributed by atoms with Gasteiger partial charge < -0.3 is 4.90 Å². The van der Waals surface area contributed by atoms with E-state index in [1.165, 1.54) is 9.71 Å². The SMILES string of the molecule is O=S(=O)(/C=C\CCCc1ncccn1)N1CCN(c2ncc(Br)cn2)CC1. The van der Waals surface area contributed by atoms with Crippen molar-refractivity contribution in [2.24, 2.45) is 0 Å². The summed E-state index contributed by atoms with van der Waals surface area (Å²) in [6, 6.07) is 1.78. The molecule has 3 rings (SSSR count). The molecule has 144 valence electrons. The van der Waals surface area contributed by atoms with Gasteiger partial charge in [0, 0.05) is 62.8 Å². The molecule has 1 saturated heterocycles. The van der Waals surface area contributed by atoms with Gasteiger partial charge in [-0.05, 0) is 34.8 Å². The topological polar surface area (TPSA) is 92.2 Å². The lowest BCUT2D eigenvalue weighted by atomic mass is 10.2. The van der Waals surface area contributed by atoms with E-state index in [1.807, 2.05) is 4.90 Å². The summed E-state index contributed by atoms with van der Waals surface area (Å²) in [5, 5.41) is 1.31. The van der Waals surface area contributed by atoms with E-state index >= 15 is 0 Å². The normalized spacial score (nSPS) is 16.1. The molecule has 0 amide bonds. The minimum absolute atomic E-state index is 0.421. The van der Waals surface area contributed by atoms with E-state index in [-0.39, 0.29) is 0 Å². The number of aromatic nitrogens is 4. The third kappa shape index (κ3) is 5.78. The monoisotopic (exact) mass is 452 g/mol. The number of unbranched alkanes of at least 4 members (excludes halogenated alkanes) is 1. The predicted molar refractivity (Wildman–Crippen MR) is 107 cm³/mol. The number of hydrogen-bond donors (Lipinski definition) is 0. The Bertz CT molecular complexity index is 853. The summed E-state index contributed by atoms with van der Waals surface area (Å²) in [6.07, 6.45) is 10.7. The Morgan fingerprint density at radius 2 is 1.70 bits per heavy atom. The van der Waals surface area contributed by atoms with Crippen molar-refractivity contribution in [3.63, 3.8) is 0 Å². The van der Waals surface area contributed by atoms with Crippen LogP contribution in [0.3, 0.4) is 0 Å². The number of rotatable bonds is 7. The quantitative estimate of drug-likeness (QED) is 0.593. The van der Waals surface area contributed by atoms with E-state index in [1.54, 1.807) is 36.9 Å². The minimum Gasteiger partial charge on any atom is -0.338 e. The third-order valence-electron chi connectivity index (χ3n) is 4.15. The Morgan fingerprint density at radius 3 is 2.37 bits per heavy atom. The van der Waals surface area contributed by atoms with Crippen LogP contribution in [-0.4, -0.2) is 58.8 Å². The largest absolute Gasteiger partial charge is 0.338 e. The Labute approximate surface area is 167 Å². The Morgan fingerprint density at radius 1 is 1.04 bits per heavy atom. The summed E-state index contributed by atoms with van der Waals surface area (Å²) in [5.41, 5.74) is 0. The van der Waals surface area contributed by atoms with Crippen LogP contribution in [0.15, 0.2) is 46.8 Å². The molecule has 0 atom stereocenters. The fourth-order valence-corrected chi connectivity index (χ4v) is 4.15. The van der Waals surface area contributed by atoms with Gasteiger partial charge in [-0.3, -0.25) is 0 Å². The number of hydrogen-bond acceptors (Lipinski definition) is 7. The molecule has 1 aliphatic rings. The van der Waals surface area contributed by atoms with Crippen molar-refractivity contribution in [3.8, 4) is 0 Å². The van der Waals surface area contributed by atoms with Crippen LogP contribution in [0.5, 0.6) is 0 Å². The van der Waals surface area contributed by atoms with Crippen LogP contribution in [0.2, 0.25) is 0 Å². The van der Waals surface area contributed by atoms with Gasteiger partial charge in [-0.25, -0.2) is 28.4 Å². The molecule has 10 heteroatoms. The van der Waals surface area contributed by atoms with Crippen LogP contribution in [0, 0.1) is 0 Å². The molecule has 3 heterocycles. The maximum Gasteiger partial charge on any atom is 0.236 e. The lowest BCUT2D eigenvalue weighted by Gasteiger charge is -2.33. The van der Waals surface area contributed by atoms with Gasteiger partial charge in [0.15, 0.2) is 0 Å². The van der Waals surface area contributed by atoms with E-state index in [4.69, 9.17) is 0 Å². The second kappa shape index (κ2) is 9.34. The summed E-state index contributed by atoms with van der Waals surface area (Å²) in [7, 11) is -3.39. The van der Waals surface area contributed by atoms with Crippen LogP contribution in [0.25, 0.3) is 0 Å². The molecular formula is C17H21BrN6O2S. The molecule has 0 N–H and O–H groups in total. The van der Waals surface area contributed by atoms with Gasteiger partial charge in [-0.1, -0.05) is 6.08 Å². The lowest BCUT2D eigenvalue weighted by Crippen LogP contribution is -2.48. The average Bonchev–Trinajstić information content (AvgIpc) is 2.69. The van der Waals surface area contributed by atoms with E-state index in [2.05, 4.69) is 35.9 Å². The first kappa shape index (κ1) is 19.8. The van der Waals surface area contributed by atoms with Gasteiger partial charge in [0.05, 0.1) is 4.47 Å². The van der Waals surface area contributed by atoms with Gasteiger partial charge in [-0.15, -0.1) is 0 Å². The number of aryl methyl sites for hydroxylation is 1. The zero-order valence-corrected chi connectivity index (χ0v) is 17.2. The molecule has 8 nitrogen and oxygen atoms in total. The Kier molecular flexibility index (Phi) is 6.86. The van der Waals surface area contributed by atoms with Crippen molar-refractivity contribution in [1.82, 2.24) is 24.2 Å². The van der Waals surface area contributed by atoms with Gasteiger partial charge in [0.2, 0.25) is 16.0 Å². The maximum absolute atomic E-state index is 12.5. The first-order valence-electron chi connectivity index (χ1n) is 8.70. The number of nitrogens with zero attached hydrogens (tertiary/aromatic N) is 6. The molecule has 27 heavy (non-hydrogen) atoms. The van der Waals surface area contributed by atoms with E-state index in [9.17, 15) is 8.42 Å². The highest BCUT2D eigenvalue weighted by molar-refractivity contribution is 9.10. The lowest BCUT2D eigenvalue weighted by molar-refractivity contribution is 0.387. The molecule has 2 aromatic heterocycles. The van der Waals surface area contributed by atoms with Gasteiger partial charge in [0.25, 0.3) is 0 Å². The highest BCUT2D eigenvalue weighted by atomic mass is 79.9. The van der Waals surface area contributed by atoms with Crippen molar-refractivity contribution < 1.29 is 8.42 Å². The van der Waals surface area contributed by atoms with E-state index < -0.39 is 10.0 Å². The smallest absolute Gasteiger partial charge is 0.236 e. The second-order valence-electron chi connectivity index (χ2n) is 6.06. The Hall–Kier alpha value is -1.91. The zero-order valence-electron chi connectivity index (χ0n) is 14.8. The van der Waals surface area contributed by atoms with Crippen LogP contribution >= 0.6 is 15.9 Å². The summed E-state index contributed by atoms with van der Waals surface area (Å²) in [4.78, 5) is 18.8. The molecular weight excluding hydrogens is 432 g/mol. The number of piperazine rings is 1. The van der Waals surface area contributed by atoms with Gasteiger partial charge in [0.1, 0.15) is 5.82 Å². The molecule has 2 aromatic rings. The molecule has 0 radical (unpaired) electrons. The highest BCUT2D eigenvalue weighted by Crippen LogP contribution is 2.15. The maximum atomic E-state index is 12.5. The summed E-state index contributed by atoms with van der Waals surface area (Å²) < 4.78 is 27.2. The number of halogens is 1. The van der Waals surface area contributed by atoms with Crippen LogP contribution in [-0.2, 0) is 16.4 Å². The first-order chi connectivity index (χ1) is 13.0. The molecule has 1 aliphatic heterocycles. The molecule has 0 saturated carbocycles. The summed E-state index contributed by atoms with van der Waals surface area (Å²) in [5.74, 6) is 1.40. The highest BCUT2D eigenvalue weighted by Gasteiger charge is 2.25. The third-order valence-corrected chi connectivity index (χ3v) is 6.18. The van der Waals surface area contributed by atoms with E-state index in [0.717, 1.165) is 23.1 Å². The molecule has 0 unspecified atom stereocenters. The molecule has 0 aromatic carbocycles. The van der Waals surface area contributed by atoms with Crippen molar-refractivity contribution in [1.29, 1.82) is 0 Å². The average molecular weight is 453 g/mol. The molecule has 0 aliphatic carbocycles. The van der Waals surface area contributed by atoms with E-state index in [0.29, 0.717) is 38.5 Å². The molecule has 0 bridgehead atoms. The molecule has 0 spiro atoms. The fourth-order valence-electron chi connectivity index (χ4n) is 2.72. The van der Waals surface area contributed by atoms with Crippen molar-refractivity contribution >= 4 is 31.9 Å². The zero-order chi connectivity index (χ0) is 19.1. The fraction of sp³-hybridized carbons (Fsp3) is 0.412. The van der Waals surface area contributed by atoms with Crippen molar-refractivity contribution in [2.75, 3.05) is 31.1 Å². The Balaban J connectivity index is 1.45. The summed E-state index contributed by atoms with van der Waals surface area (Å²) >= 11 is 3.31. The standard InChI is InChI=1S/C17H21BrN6O2S/c18-15-13-21-17(22-14-15)23-8-10-24(11-9-23)27(25,26)12-3-1-2-5-16-19-6-4-7-20-16/h3-4,6-7,12-14H,1-2,5,8-11H2/b12-3-.